The molecule has 0 aromatic carbocycles. The third kappa shape index (κ3) is 5.54. The van der Waals surface area contributed by atoms with Crippen LogP contribution in [-0.4, -0.2) is 18.0 Å². The van der Waals surface area contributed by atoms with Crippen LogP contribution in [0.4, 0.5) is 0 Å². The van der Waals surface area contributed by atoms with Crippen LogP contribution in [-0.2, 0) is 4.74 Å². The van der Waals surface area contributed by atoms with Gasteiger partial charge >= 0.3 is 0 Å². The lowest BCUT2D eigenvalue weighted by Crippen LogP contribution is -2.38. The molecule has 1 aliphatic carbocycles. The Morgan fingerprint density at radius 2 is 1.58 bits per heavy atom. The van der Waals surface area contributed by atoms with E-state index in [0.29, 0.717) is 5.90 Å². The molecule has 1 saturated carbocycles. The molecular formula is C17H33NO. The highest BCUT2D eigenvalue weighted by Crippen LogP contribution is 2.48. The Balaban J connectivity index is 3.15. The Kier molecular flexibility index (Phi) is 4.58. The maximum atomic E-state index is 9.02. The summed E-state index contributed by atoms with van der Waals surface area (Å²) in [5, 5.41) is 0. The molecule has 0 amide bonds. The Hall–Kier alpha value is -0.530. The van der Waals surface area contributed by atoms with Gasteiger partial charge in [-0.2, -0.15) is 0 Å². The first-order valence-electron chi connectivity index (χ1n) is 8.10. The largest absolute Gasteiger partial charge is 0.478 e. The first-order chi connectivity index (χ1) is 8.85. The lowest BCUT2D eigenvalue weighted by Gasteiger charge is -2.45. The molecule has 2 heteroatoms. The average Bonchev–Trinajstić information content (AvgIpc) is 2.08. The molecule has 1 fully saturated rings. The summed E-state index contributed by atoms with van der Waals surface area (Å²) in [5.41, 5.74) is 0.309. The van der Waals surface area contributed by atoms with Crippen molar-refractivity contribution in [3.8, 4) is 0 Å². The van der Waals surface area contributed by atoms with Gasteiger partial charge in [0.1, 0.15) is 0 Å². The van der Waals surface area contributed by atoms with Crippen molar-refractivity contribution >= 4 is 5.90 Å². The van der Waals surface area contributed by atoms with Crippen molar-refractivity contribution in [2.75, 3.05) is 0 Å². The third-order valence-electron chi connectivity index (χ3n) is 3.37. The molecule has 0 radical (unpaired) electrons. The van der Waals surface area contributed by atoms with Gasteiger partial charge in [0.15, 0.2) is 5.90 Å². The summed E-state index contributed by atoms with van der Waals surface area (Å²) in [7, 11) is 0. The number of rotatable bonds is 3. The van der Waals surface area contributed by atoms with E-state index in [4.69, 9.17) is 6.11 Å². The number of ether oxygens (including phenoxy) is 1. The standard InChI is InChI=1S/C17H33NO/c1-12(2)18-15(19-13(3)4)14-9-16(5,6)11-17(7,8)10-14/h12-14H,9-11H2,1-8H3/i14D. The van der Waals surface area contributed by atoms with E-state index < -0.39 is 5.89 Å². The van der Waals surface area contributed by atoms with Gasteiger partial charge in [-0.1, -0.05) is 27.7 Å². The smallest absolute Gasteiger partial charge is 0.186 e. The number of nitrogens with zero attached hydrogens (tertiary/aromatic N) is 1. The first kappa shape index (κ1) is 14.9. The summed E-state index contributed by atoms with van der Waals surface area (Å²) in [6.45, 7) is 17.2. The fourth-order valence-electron chi connectivity index (χ4n) is 3.45. The van der Waals surface area contributed by atoms with Gasteiger partial charge in [-0.05, 0) is 57.8 Å². The second-order valence-corrected chi connectivity index (χ2v) is 8.16. The van der Waals surface area contributed by atoms with Crippen molar-refractivity contribution in [1.82, 2.24) is 0 Å². The van der Waals surface area contributed by atoms with Crippen molar-refractivity contribution in [3.63, 3.8) is 0 Å². The van der Waals surface area contributed by atoms with E-state index in [0.717, 1.165) is 19.3 Å². The van der Waals surface area contributed by atoms with E-state index in [1.807, 2.05) is 27.7 Å². The molecule has 0 aliphatic heterocycles. The fourth-order valence-corrected chi connectivity index (χ4v) is 3.45. The molecule has 2 nitrogen and oxygen atoms in total. The normalized spacial score (nSPS) is 26.4. The van der Waals surface area contributed by atoms with Crippen LogP contribution >= 0.6 is 0 Å². The van der Waals surface area contributed by atoms with Crippen LogP contribution in [0, 0.1) is 16.7 Å². The maximum Gasteiger partial charge on any atom is 0.186 e. The molecule has 1 rings (SSSR count). The van der Waals surface area contributed by atoms with Gasteiger partial charge in [0.05, 0.1) is 6.10 Å². The highest BCUT2D eigenvalue weighted by atomic mass is 16.5. The zero-order valence-corrected chi connectivity index (χ0v) is 14.1. The molecule has 0 spiro atoms. The minimum atomic E-state index is -0.695. The number of aliphatic imine (C=N–C) groups is 1. The second kappa shape index (κ2) is 5.85. The first-order valence-corrected chi connectivity index (χ1v) is 7.60. The summed E-state index contributed by atoms with van der Waals surface area (Å²) in [4.78, 5) is 4.65. The predicted molar refractivity (Wildman–Crippen MR) is 83.7 cm³/mol. The molecule has 0 aromatic heterocycles. The molecule has 0 N–H and O–H groups in total. The van der Waals surface area contributed by atoms with Crippen LogP contribution in [0.1, 0.15) is 76.0 Å². The maximum absolute atomic E-state index is 9.02. The minimum absolute atomic E-state index is 0.0721. The van der Waals surface area contributed by atoms with Gasteiger partial charge in [-0.25, -0.2) is 0 Å². The summed E-state index contributed by atoms with van der Waals surface area (Å²) in [6.07, 6.45) is 2.86. The minimum Gasteiger partial charge on any atom is -0.478 e. The van der Waals surface area contributed by atoms with Gasteiger partial charge < -0.3 is 4.74 Å². The molecule has 0 unspecified atom stereocenters. The van der Waals surface area contributed by atoms with Crippen LogP contribution < -0.4 is 0 Å². The number of hydrogen-bond acceptors (Lipinski definition) is 2. The highest BCUT2D eigenvalue weighted by Gasteiger charge is 2.41. The molecule has 112 valence electrons. The van der Waals surface area contributed by atoms with Crippen LogP contribution in [0.5, 0.6) is 0 Å². The van der Waals surface area contributed by atoms with Crippen molar-refractivity contribution < 1.29 is 6.11 Å². The molecule has 0 heterocycles. The van der Waals surface area contributed by atoms with Crippen molar-refractivity contribution in [2.24, 2.45) is 21.7 Å². The van der Waals surface area contributed by atoms with Crippen LogP contribution in [0.2, 0.25) is 0 Å². The van der Waals surface area contributed by atoms with Crippen LogP contribution in [0.15, 0.2) is 4.99 Å². The van der Waals surface area contributed by atoms with Gasteiger partial charge in [0.25, 0.3) is 0 Å². The van der Waals surface area contributed by atoms with Gasteiger partial charge in [-0.15, -0.1) is 0 Å². The Bertz CT molecular complexity index is 353. The topological polar surface area (TPSA) is 21.6 Å². The van der Waals surface area contributed by atoms with Gasteiger partial charge in [-0.3, -0.25) is 4.99 Å². The van der Waals surface area contributed by atoms with E-state index in [-0.39, 0.29) is 23.0 Å². The highest BCUT2D eigenvalue weighted by molar-refractivity contribution is 5.79. The van der Waals surface area contributed by atoms with Crippen LogP contribution in [0.3, 0.4) is 0 Å². The lowest BCUT2D eigenvalue weighted by molar-refractivity contribution is 0.0763. The summed E-state index contributed by atoms with van der Waals surface area (Å²) in [5.74, 6) is -0.0527. The Morgan fingerprint density at radius 1 is 1.11 bits per heavy atom. The van der Waals surface area contributed by atoms with E-state index in [9.17, 15) is 0 Å². The number of hydrogen-bond donors (Lipinski definition) is 0. The van der Waals surface area contributed by atoms with Crippen molar-refractivity contribution in [2.45, 2.75) is 86.8 Å². The third-order valence-corrected chi connectivity index (χ3v) is 3.37. The zero-order chi connectivity index (χ0) is 15.8. The Labute approximate surface area is 121 Å². The van der Waals surface area contributed by atoms with E-state index in [2.05, 4.69) is 32.7 Å². The monoisotopic (exact) mass is 268 g/mol. The molecular weight excluding hydrogens is 234 g/mol. The van der Waals surface area contributed by atoms with Crippen LogP contribution in [0.25, 0.3) is 0 Å². The molecule has 0 atom stereocenters. The fraction of sp³-hybridized carbons (Fsp3) is 0.941. The molecule has 1 aliphatic rings. The van der Waals surface area contributed by atoms with E-state index >= 15 is 0 Å². The van der Waals surface area contributed by atoms with Crippen molar-refractivity contribution in [1.29, 1.82) is 0 Å². The summed E-state index contributed by atoms with van der Waals surface area (Å²) < 4.78 is 15.0. The summed E-state index contributed by atoms with van der Waals surface area (Å²) >= 11 is 0. The second-order valence-electron chi connectivity index (χ2n) is 8.16. The van der Waals surface area contributed by atoms with Gasteiger partial charge in [0.2, 0.25) is 0 Å². The SMILES string of the molecule is [2H]C1(C(=NC(C)C)OC(C)C)CC(C)(C)CC(C)(C)C1. The van der Waals surface area contributed by atoms with Gasteiger partial charge in [0, 0.05) is 13.3 Å². The predicted octanol–water partition coefficient (Wildman–Crippen LogP) is 5.07. The summed E-state index contributed by atoms with van der Waals surface area (Å²) in [6, 6.07) is 0.166. The quantitative estimate of drug-likeness (QED) is 0.517. The lowest BCUT2D eigenvalue weighted by atomic mass is 9.61. The Morgan fingerprint density at radius 3 is 1.95 bits per heavy atom. The molecule has 0 bridgehead atoms. The van der Waals surface area contributed by atoms with E-state index in [1.54, 1.807) is 0 Å². The molecule has 0 saturated heterocycles. The molecule has 0 aromatic rings. The van der Waals surface area contributed by atoms with Crippen molar-refractivity contribution in [3.05, 3.63) is 0 Å². The zero-order valence-electron chi connectivity index (χ0n) is 15.1. The average molecular weight is 268 g/mol. The molecule has 19 heavy (non-hydrogen) atoms. The van der Waals surface area contributed by atoms with E-state index in [1.165, 1.54) is 0 Å².